The average molecular weight is 608 g/mol. The zero-order chi connectivity index (χ0) is 33.0. The van der Waals surface area contributed by atoms with Gasteiger partial charge in [0.05, 0.1) is 11.4 Å². The molecule has 1 aliphatic rings. The molecule has 0 saturated heterocycles. The fraction of sp³-hybridized carbons (Fsp3) is 0.109. The van der Waals surface area contributed by atoms with E-state index >= 15 is 0 Å². The minimum atomic E-state index is -0.0147. The quantitative estimate of drug-likeness (QED) is 0.152. The molecular formula is C46H41N. The van der Waals surface area contributed by atoms with Crippen molar-refractivity contribution in [3.63, 3.8) is 0 Å². The summed E-state index contributed by atoms with van der Waals surface area (Å²) in [5.74, 6) is 0. The van der Waals surface area contributed by atoms with Gasteiger partial charge in [0.1, 0.15) is 0 Å². The van der Waals surface area contributed by atoms with Crippen molar-refractivity contribution in [2.24, 2.45) is 0 Å². The number of fused-ring (bicyclic) bond motifs is 3. The second-order valence-corrected chi connectivity index (χ2v) is 12.5. The largest absolute Gasteiger partial charge is 0.248 e. The Kier molecular flexibility index (Phi) is 9.00. The van der Waals surface area contributed by atoms with Gasteiger partial charge in [0.25, 0.3) is 0 Å². The SMILES string of the molecule is C=C/C(=C\C=C/C)c1cc(-c2cccc(-c3ccc(-c4ccc5c(c4)C(C)(C)c4ccccc4-5)cc3)c2)cc(C(=C)/C=C\C=C/C)n1. The van der Waals surface area contributed by atoms with Gasteiger partial charge in [-0.3, -0.25) is 0 Å². The van der Waals surface area contributed by atoms with Gasteiger partial charge in [-0.15, -0.1) is 0 Å². The number of aromatic nitrogens is 1. The normalized spacial score (nSPS) is 13.7. The van der Waals surface area contributed by atoms with Crippen molar-refractivity contribution in [2.75, 3.05) is 0 Å². The third-order valence-electron chi connectivity index (χ3n) is 9.07. The van der Waals surface area contributed by atoms with Crippen molar-refractivity contribution in [1.82, 2.24) is 4.98 Å². The van der Waals surface area contributed by atoms with Crippen molar-refractivity contribution in [3.8, 4) is 44.5 Å². The van der Waals surface area contributed by atoms with E-state index in [1.165, 1.54) is 44.5 Å². The van der Waals surface area contributed by atoms with E-state index in [1.807, 2.05) is 62.5 Å². The Morgan fingerprint density at radius 2 is 1.21 bits per heavy atom. The smallest absolute Gasteiger partial charge is 0.0715 e. The summed E-state index contributed by atoms with van der Waals surface area (Å²) in [6.07, 6.45) is 15.9. The van der Waals surface area contributed by atoms with E-state index in [0.29, 0.717) is 0 Å². The molecule has 47 heavy (non-hydrogen) atoms. The molecule has 230 valence electrons. The maximum absolute atomic E-state index is 4.97. The van der Waals surface area contributed by atoms with Gasteiger partial charge in [0, 0.05) is 5.41 Å². The molecule has 1 heteroatoms. The Hall–Kier alpha value is -5.53. The summed E-state index contributed by atoms with van der Waals surface area (Å²) < 4.78 is 0. The number of nitrogens with zero attached hydrogens (tertiary/aromatic N) is 1. The van der Waals surface area contributed by atoms with Crippen molar-refractivity contribution in [1.29, 1.82) is 0 Å². The maximum Gasteiger partial charge on any atom is 0.0715 e. The number of hydrogen-bond acceptors (Lipinski definition) is 1. The third-order valence-corrected chi connectivity index (χ3v) is 9.07. The lowest BCUT2D eigenvalue weighted by molar-refractivity contribution is 0.660. The molecule has 1 nitrogen and oxygen atoms in total. The van der Waals surface area contributed by atoms with Crippen LogP contribution in [0.4, 0.5) is 0 Å². The molecular weight excluding hydrogens is 567 g/mol. The van der Waals surface area contributed by atoms with Crippen LogP contribution in [0.2, 0.25) is 0 Å². The highest BCUT2D eigenvalue weighted by Crippen LogP contribution is 2.49. The number of pyridine rings is 1. The third kappa shape index (κ3) is 6.30. The van der Waals surface area contributed by atoms with Crippen molar-refractivity contribution >= 4 is 11.1 Å². The minimum absolute atomic E-state index is 0.0147. The Morgan fingerprint density at radius 1 is 0.596 bits per heavy atom. The number of hydrogen-bond donors (Lipinski definition) is 0. The van der Waals surface area contributed by atoms with Crippen LogP contribution in [0.5, 0.6) is 0 Å². The van der Waals surface area contributed by atoms with Gasteiger partial charge in [-0.25, -0.2) is 4.98 Å². The molecule has 0 aliphatic heterocycles. The molecule has 1 heterocycles. The van der Waals surface area contributed by atoms with Gasteiger partial charge < -0.3 is 0 Å². The summed E-state index contributed by atoms with van der Waals surface area (Å²) >= 11 is 0. The number of rotatable bonds is 9. The topological polar surface area (TPSA) is 12.9 Å². The molecule has 0 atom stereocenters. The highest BCUT2D eigenvalue weighted by Gasteiger charge is 2.35. The van der Waals surface area contributed by atoms with Crippen LogP contribution < -0.4 is 0 Å². The standard InChI is InChI=1S/C46H41N/c1-7-10-12-16-32(4)44-30-39(31-45(47-44)33(9-3)17-11-8-2)37-19-15-18-36(28-37)34-22-24-35(25-23-34)38-26-27-41-40-20-13-14-21-42(40)46(5,6)43(41)29-38/h7-31H,3-4H2,1-2,5-6H3/b10-7-,11-8-,16-12-,33-17+. The van der Waals surface area contributed by atoms with Crippen LogP contribution in [0.15, 0.2) is 165 Å². The van der Waals surface area contributed by atoms with Crippen molar-refractivity contribution < 1.29 is 0 Å². The van der Waals surface area contributed by atoms with Crippen molar-refractivity contribution in [3.05, 3.63) is 187 Å². The monoisotopic (exact) mass is 607 g/mol. The molecule has 0 amide bonds. The Balaban J connectivity index is 1.34. The van der Waals surface area contributed by atoms with E-state index in [4.69, 9.17) is 4.98 Å². The highest BCUT2D eigenvalue weighted by molar-refractivity contribution is 5.85. The van der Waals surface area contributed by atoms with E-state index in [9.17, 15) is 0 Å². The Morgan fingerprint density at radius 3 is 1.91 bits per heavy atom. The van der Waals surface area contributed by atoms with E-state index in [1.54, 1.807) is 0 Å². The van der Waals surface area contributed by atoms with Gasteiger partial charge in [0.15, 0.2) is 0 Å². The first-order valence-corrected chi connectivity index (χ1v) is 16.3. The van der Waals surface area contributed by atoms with Gasteiger partial charge in [-0.2, -0.15) is 0 Å². The maximum atomic E-state index is 4.97. The van der Waals surface area contributed by atoms with E-state index < -0.39 is 0 Å². The lowest BCUT2D eigenvalue weighted by atomic mass is 9.81. The fourth-order valence-electron chi connectivity index (χ4n) is 6.45. The number of allylic oxidation sites excluding steroid dienone is 10. The van der Waals surface area contributed by atoms with E-state index in [-0.39, 0.29) is 5.41 Å². The van der Waals surface area contributed by atoms with Crippen LogP contribution >= 0.6 is 0 Å². The van der Waals surface area contributed by atoms with Crippen molar-refractivity contribution in [2.45, 2.75) is 33.1 Å². The molecule has 0 spiro atoms. The summed E-state index contributed by atoms with van der Waals surface area (Å²) in [5.41, 5.74) is 16.0. The molecule has 0 unspecified atom stereocenters. The first-order chi connectivity index (χ1) is 22.8. The van der Waals surface area contributed by atoms with Gasteiger partial charge in [-0.05, 0) is 105 Å². The molecule has 1 aromatic heterocycles. The summed E-state index contributed by atoms with van der Waals surface area (Å²) in [6, 6.07) is 37.7. The summed E-state index contributed by atoms with van der Waals surface area (Å²) in [7, 11) is 0. The Bertz CT molecular complexity index is 2090. The minimum Gasteiger partial charge on any atom is -0.248 e. The molecule has 0 fully saturated rings. The average Bonchev–Trinajstić information content (AvgIpc) is 3.34. The Labute approximate surface area is 280 Å². The van der Waals surface area contributed by atoms with Crippen LogP contribution in [0.1, 0.15) is 50.2 Å². The van der Waals surface area contributed by atoms with Crippen LogP contribution in [0, 0.1) is 0 Å². The van der Waals surface area contributed by atoms with Crippen LogP contribution in [0.3, 0.4) is 0 Å². The van der Waals surface area contributed by atoms with Gasteiger partial charge in [-0.1, -0.05) is 154 Å². The molecule has 4 aromatic carbocycles. The second kappa shape index (κ2) is 13.4. The van der Waals surface area contributed by atoms with Gasteiger partial charge in [0.2, 0.25) is 0 Å². The summed E-state index contributed by atoms with van der Waals surface area (Å²) in [5, 5.41) is 0. The summed E-state index contributed by atoms with van der Waals surface area (Å²) in [6.45, 7) is 17.0. The van der Waals surface area contributed by atoms with E-state index in [0.717, 1.165) is 33.7 Å². The van der Waals surface area contributed by atoms with Gasteiger partial charge >= 0.3 is 0 Å². The van der Waals surface area contributed by atoms with Crippen LogP contribution in [0.25, 0.3) is 55.7 Å². The van der Waals surface area contributed by atoms with Crippen LogP contribution in [-0.4, -0.2) is 4.98 Å². The zero-order valence-corrected chi connectivity index (χ0v) is 27.8. The van der Waals surface area contributed by atoms with E-state index in [2.05, 4.69) is 130 Å². The first-order valence-electron chi connectivity index (χ1n) is 16.3. The molecule has 1 aliphatic carbocycles. The zero-order valence-electron chi connectivity index (χ0n) is 27.8. The molecule has 0 bridgehead atoms. The predicted octanol–water partition coefficient (Wildman–Crippen LogP) is 12.7. The first kappa shape index (κ1) is 31.5. The predicted molar refractivity (Wildman–Crippen MR) is 204 cm³/mol. The fourth-order valence-corrected chi connectivity index (χ4v) is 6.45. The molecule has 0 N–H and O–H groups in total. The second-order valence-electron chi connectivity index (χ2n) is 12.5. The lowest BCUT2D eigenvalue weighted by Crippen LogP contribution is -2.14. The molecule has 0 radical (unpaired) electrons. The summed E-state index contributed by atoms with van der Waals surface area (Å²) in [4.78, 5) is 4.97. The molecule has 0 saturated carbocycles. The number of benzene rings is 4. The molecule has 5 aromatic rings. The van der Waals surface area contributed by atoms with Crippen LogP contribution in [-0.2, 0) is 5.41 Å². The highest BCUT2D eigenvalue weighted by atomic mass is 14.7. The molecule has 6 rings (SSSR count). The lowest BCUT2D eigenvalue weighted by Gasteiger charge is -2.22.